The van der Waals surface area contributed by atoms with Gasteiger partial charge in [0.05, 0.1) is 11.0 Å². The van der Waals surface area contributed by atoms with Gasteiger partial charge in [-0.05, 0) is 29.2 Å². The minimum atomic E-state index is 0.0565. The van der Waals surface area contributed by atoms with Gasteiger partial charge in [0.1, 0.15) is 11.7 Å². The first-order valence-corrected chi connectivity index (χ1v) is 7.30. The summed E-state index contributed by atoms with van der Waals surface area (Å²) in [6, 6.07) is 14.0. The molecule has 0 saturated heterocycles. The van der Waals surface area contributed by atoms with Crippen LogP contribution >= 0.6 is 0 Å². The highest BCUT2D eigenvalue weighted by atomic mass is 14.9. The number of rotatable bonds is 2. The van der Waals surface area contributed by atoms with Crippen molar-refractivity contribution in [2.45, 2.75) is 26.2 Å². The number of nitrogens with zero attached hydrogens (tertiary/aromatic N) is 1. The largest absolute Gasteiger partial charge is 0.384 e. The van der Waals surface area contributed by atoms with E-state index < -0.39 is 0 Å². The third kappa shape index (κ3) is 2.60. The highest BCUT2D eigenvalue weighted by Gasteiger charge is 2.14. The maximum Gasteiger partial charge on any atom is 0.138 e. The molecule has 112 valence electrons. The molecule has 0 radical (unpaired) electrons. The summed E-state index contributed by atoms with van der Waals surface area (Å²) in [5.41, 5.74) is 10.5. The molecule has 1 aromatic heterocycles. The van der Waals surface area contributed by atoms with E-state index in [2.05, 4.69) is 55.0 Å². The van der Waals surface area contributed by atoms with E-state index in [1.165, 1.54) is 5.56 Å². The highest BCUT2D eigenvalue weighted by molar-refractivity contribution is 5.98. The summed E-state index contributed by atoms with van der Waals surface area (Å²) in [4.78, 5) is 7.92. The Balaban J connectivity index is 2.01. The molecule has 0 bridgehead atoms. The van der Waals surface area contributed by atoms with Crippen LogP contribution in [0.2, 0.25) is 0 Å². The van der Waals surface area contributed by atoms with Gasteiger partial charge in [-0.25, -0.2) is 4.98 Å². The van der Waals surface area contributed by atoms with Crippen molar-refractivity contribution < 1.29 is 0 Å². The molecule has 0 aliphatic heterocycles. The molecule has 2 aromatic carbocycles. The van der Waals surface area contributed by atoms with Crippen LogP contribution in [0.1, 0.15) is 31.9 Å². The topological polar surface area (TPSA) is 78.6 Å². The van der Waals surface area contributed by atoms with Gasteiger partial charge in [0.2, 0.25) is 0 Å². The molecule has 3 aromatic rings. The Morgan fingerprint density at radius 1 is 1.09 bits per heavy atom. The van der Waals surface area contributed by atoms with E-state index in [0.29, 0.717) is 5.56 Å². The van der Waals surface area contributed by atoms with Crippen LogP contribution in [-0.2, 0) is 5.41 Å². The second-order valence-corrected chi connectivity index (χ2v) is 6.56. The van der Waals surface area contributed by atoms with Crippen LogP contribution < -0.4 is 5.73 Å². The number of nitrogens with one attached hydrogen (secondary N) is 2. The van der Waals surface area contributed by atoms with Gasteiger partial charge >= 0.3 is 0 Å². The first-order chi connectivity index (χ1) is 10.3. The van der Waals surface area contributed by atoms with Crippen molar-refractivity contribution in [3.63, 3.8) is 0 Å². The normalized spacial score (nSPS) is 11.8. The SMILES string of the molecule is CC(C)(C)c1ccc(-c2nc3cc(C(=N)N)ccc3[nH]2)cc1. The number of nitrogen functional groups attached to an aromatic ring is 1. The molecule has 0 atom stereocenters. The first kappa shape index (κ1) is 14.3. The lowest BCUT2D eigenvalue weighted by Crippen LogP contribution is -2.10. The average Bonchev–Trinajstić information content (AvgIpc) is 2.89. The van der Waals surface area contributed by atoms with Crippen LogP contribution in [0.15, 0.2) is 42.5 Å². The number of benzene rings is 2. The summed E-state index contributed by atoms with van der Waals surface area (Å²) in [5, 5.41) is 7.50. The Bertz CT molecular complexity index is 836. The van der Waals surface area contributed by atoms with Gasteiger partial charge in [0, 0.05) is 11.1 Å². The zero-order valence-corrected chi connectivity index (χ0v) is 13.1. The predicted octanol–water partition coefficient (Wildman–Crippen LogP) is 3.81. The number of amidine groups is 1. The van der Waals surface area contributed by atoms with Crippen LogP contribution in [0.3, 0.4) is 0 Å². The first-order valence-electron chi connectivity index (χ1n) is 7.30. The molecule has 0 fully saturated rings. The fourth-order valence-electron chi connectivity index (χ4n) is 2.44. The summed E-state index contributed by atoms with van der Waals surface area (Å²) in [7, 11) is 0. The van der Waals surface area contributed by atoms with E-state index in [9.17, 15) is 0 Å². The molecule has 0 amide bonds. The van der Waals surface area contributed by atoms with E-state index in [1.54, 1.807) is 0 Å². The quantitative estimate of drug-likeness (QED) is 0.496. The van der Waals surface area contributed by atoms with E-state index in [1.807, 2.05) is 18.2 Å². The molecule has 4 nitrogen and oxygen atoms in total. The van der Waals surface area contributed by atoms with Gasteiger partial charge in [0.25, 0.3) is 0 Å². The second-order valence-electron chi connectivity index (χ2n) is 6.56. The molecule has 22 heavy (non-hydrogen) atoms. The molecule has 0 unspecified atom stereocenters. The molecule has 0 aliphatic rings. The minimum Gasteiger partial charge on any atom is -0.384 e. The van der Waals surface area contributed by atoms with Crippen molar-refractivity contribution in [3.05, 3.63) is 53.6 Å². The van der Waals surface area contributed by atoms with Crippen molar-refractivity contribution in [1.29, 1.82) is 5.41 Å². The molecule has 1 heterocycles. The molecular formula is C18H20N4. The second kappa shape index (κ2) is 4.98. The Kier molecular flexibility index (Phi) is 3.24. The number of fused-ring (bicyclic) bond motifs is 1. The Morgan fingerprint density at radius 3 is 2.36 bits per heavy atom. The summed E-state index contributed by atoms with van der Waals surface area (Å²) >= 11 is 0. The van der Waals surface area contributed by atoms with E-state index in [0.717, 1.165) is 22.4 Å². The molecule has 4 N–H and O–H groups in total. The molecule has 0 saturated carbocycles. The lowest BCUT2D eigenvalue weighted by atomic mass is 9.87. The van der Waals surface area contributed by atoms with Crippen LogP contribution in [0.4, 0.5) is 0 Å². The lowest BCUT2D eigenvalue weighted by molar-refractivity contribution is 0.590. The van der Waals surface area contributed by atoms with Gasteiger partial charge in [-0.2, -0.15) is 0 Å². The fourth-order valence-corrected chi connectivity index (χ4v) is 2.44. The predicted molar refractivity (Wildman–Crippen MR) is 91.2 cm³/mol. The van der Waals surface area contributed by atoms with Crippen molar-refractivity contribution in [3.8, 4) is 11.4 Å². The maximum absolute atomic E-state index is 7.50. The molecular weight excluding hydrogens is 272 g/mol. The number of aromatic amines is 1. The van der Waals surface area contributed by atoms with Gasteiger partial charge in [0.15, 0.2) is 0 Å². The van der Waals surface area contributed by atoms with Crippen LogP contribution in [0.5, 0.6) is 0 Å². The van der Waals surface area contributed by atoms with E-state index in [-0.39, 0.29) is 11.3 Å². The van der Waals surface area contributed by atoms with Gasteiger partial charge in [-0.3, -0.25) is 5.41 Å². The molecule has 3 rings (SSSR count). The van der Waals surface area contributed by atoms with Crippen LogP contribution in [0.25, 0.3) is 22.4 Å². The van der Waals surface area contributed by atoms with Gasteiger partial charge in [-0.15, -0.1) is 0 Å². The van der Waals surface area contributed by atoms with Crippen molar-refractivity contribution in [2.75, 3.05) is 0 Å². The van der Waals surface area contributed by atoms with Gasteiger partial charge in [-0.1, -0.05) is 45.0 Å². The Hall–Kier alpha value is -2.62. The minimum absolute atomic E-state index is 0.0565. The Morgan fingerprint density at radius 2 is 1.77 bits per heavy atom. The van der Waals surface area contributed by atoms with Crippen molar-refractivity contribution in [1.82, 2.24) is 9.97 Å². The molecule has 0 aliphatic carbocycles. The van der Waals surface area contributed by atoms with Gasteiger partial charge < -0.3 is 10.7 Å². The monoisotopic (exact) mass is 292 g/mol. The summed E-state index contributed by atoms with van der Waals surface area (Å²) < 4.78 is 0. The van der Waals surface area contributed by atoms with E-state index >= 15 is 0 Å². The van der Waals surface area contributed by atoms with E-state index in [4.69, 9.17) is 11.1 Å². The third-order valence-electron chi connectivity index (χ3n) is 3.82. The van der Waals surface area contributed by atoms with Crippen molar-refractivity contribution >= 4 is 16.9 Å². The van der Waals surface area contributed by atoms with Crippen molar-refractivity contribution in [2.24, 2.45) is 5.73 Å². The van der Waals surface area contributed by atoms with Crippen LogP contribution in [-0.4, -0.2) is 15.8 Å². The smallest absolute Gasteiger partial charge is 0.138 e. The highest BCUT2D eigenvalue weighted by Crippen LogP contribution is 2.26. The Labute approximate surface area is 129 Å². The average molecular weight is 292 g/mol. The number of hydrogen-bond donors (Lipinski definition) is 3. The maximum atomic E-state index is 7.50. The number of imidazole rings is 1. The molecule has 4 heteroatoms. The summed E-state index contributed by atoms with van der Waals surface area (Å²) in [6.45, 7) is 6.60. The zero-order valence-electron chi connectivity index (χ0n) is 13.1. The molecule has 0 spiro atoms. The fraction of sp³-hybridized carbons (Fsp3) is 0.222. The number of hydrogen-bond acceptors (Lipinski definition) is 2. The number of aromatic nitrogens is 2. The summed E-state index contributed by atoms with van der Waals surface area (Å²) in [5.74, 6) is 0.886. The number of nitrogens with two attached hydrogens (primary N) is 1. The third-order valence-corrected chi connectivity index (χ3v) is 3.82. The lowest BCUT2D eigenvalue weighted by Gasteiger charge is -2.18. The zero-order chi connectivity index (χ0) is 15.9. The number of H-pyrrole nitrogens is 1. The standard InChI is InChI=1S/C18H20N4/c1-18(2,3)13-7-4-11(5-8-13)17-21-14-9-6-12(16(19)20)10-15(14)22-17/h4-10H,1-3H3,(H3,19,20)(H,21,22). The van der Waals surface area contributed by atoms with Crippen LogP contribution in [0, 0.1) is 5.41 Å². The summed E-state index contributed by atoms with van der Waals surface area (Å²) in [6.07, 6.45) is 0.